The first kappa shape index (κ1) is 22.9. The van der Waals surface area contributed by atoms with Gasteiger partial charge in [0.1, 0.15) is 0 Å². The summed E-state index contributed by atoms with van der Waals surface area (Å²) in [7, 11) is 4.69. The van der Waals surface area contributed by atoms with Crippen molar-refractivity contribution in [2.24, 2.45) is 0 Å². The van der Waals surface area contributed by atoms with Crippen LogP contribution in [0.4, 0.5) is 0 Å². The molecule has 4 fully saturated rings. The molecule has 2 atom stereocenters. The average Bonchev–Trinajstić information content (AvgIpc) is 2.79. The third-order valence-electron chi connectivity index (χ3n) is 7.73. The van der Waals surface area contributed by atoms with Gasteiger partial charge in [0.2, 0.25) is 0 Å². The minimum absolute atomic E-state index is 0.312. The molecule has 0 nitrogen and oxygen atoms in total. The van der Waals surface area contributed by atoms with E-state index in [2.05, 4.69) is 0 Å². The zero-order valence-electron chi connectivity index (χ0n) is 18.2. The van der Waals surface area contributed by atoms with Crippen LogP contribution in [0.15, 0.2) is 0 Å². The van der Waals surface area contributed by atoms with Crippen molar-refractivity contribution in [1.82, 2.24) is 0 Å². The van der Waals surface area contributed by atoms with Crippen LogP contribution >= 0.6 is 31.1 Å². The molecule has 0 saturated heterocycles. The summed E-state index contributed by atoms with van der Waals surface area (Å²) < 4.78 is 0. The van der Waals surface area contributed by atoms with E-state index < -0.39 is 0 Å². The molecular formula is C24H44P4-2. The van der Waals surface area contributed by atoms with Crippen LogP contribution in [0.5, 0.6) is 0 Å². The Hall–Kier alpha value is 1.72. The van der Waals surface area contributed by atoms with Gasteiger partial charge in [0.05, 0.1) is 0 Å². The molecule has 0 amide bonds. The highest BCUT2D eigenvalue weighted by molar-refractivity contribution is 8.72. The minimum atomic E-state index is 0.312. The molecule has 28 heavy (non-hydrogen) atoms. The van der Waals surface area contributed by atoms with Gasteiger partial charge in [0.25, 0.3) is 0 Å². The summed E-state index contributed by atoms with van der Waals surface area (Å²) in [5, 5.41) is 0. The van der Waals surface area contributed by atoms with Crippen LogP contribution in [-0.2, 0) is 0 Å². The van der Waals surface area contributed by atoms with Crippen molar-refractivity contribution in [3.63, 3.8) is 0 Å². The molecule has 0 radical (unpaired) electrons. The van der Waals surface area contributed by atoms with Crippen LogP contribution in [0.25, 0.3) is 0 Å². The second-order valence-electron chi connectivity index (χ2n) is 10.0. The Bertz CT molecular complexity index is 378. The number of rotatable bonds is 7. The molecule has 162 valence electrons. The zero-order chi connectivity index (χ0) is 19.0. The Labute approximate surface area is 182 Å². The summed E-state index contributed by atoms with van der Waals surface area (Å²) in [6.07, 6.45) is 31.4. The number of hydrogen-bond acceptors (Lipinski definition) is 0. The van der Waals surface area contributed by atoms with E-state index in [1.807, 2.05) is 16.5 Å². The lowest BCUT2D eigenvalue weighted by Crippen LogP contribution is -2.16. The predicted molar refractivity (Wildman–Crippen MR) is 135 cm³/mol. The molecule has 0 aromatic heterocycles. The molecule has 4 rings (SSSR count). The summed E-state index contributed by atoms with van der Waals surface area (Å²) in [5.41, 5.74) is 4.57. The number of hydrogen-bond donors (Lipinski definition) is 0. The maximum absolute atomic E-state index is 2.03. The molecular weight excluding hydrogens is 412 g/mol. The highest BCUT2D eigenvalue weighted by Gasteiger charge is 2.26. The van der Waals surface area contributed by atoms with E-state index >= 15 is 0 Å². The zero-order valence-corrected chi connectivity index (χ0v) is 21.8. The molecule has 4 aliphatic rings. The maximum Gasteiger partial charge on any atom is -0.0462 e. The molecule has 0 spiro atoms. The summed E-state index contributed by atoms with van der Waals surface area (Å²) in [4.78, 5) is 0. The fraction of sp³-hybridized carbons (Fsp3) is 1.00. The van der Waals surface area contributed by atoms with Crippen LogP contribution in [0.1, 0.15) is 128 Å². The molecule has 0 bridgehead atoms. The Kier molecular flexibility index (Phi) is 10.4. The molecule has 0 aliphatic heterocycles. The lowest BCUT2D eigenvalue weighted by Gasteiger charge is -2.61. The van der Waals surface area contributed by atoms with Crippen molar-refractivity contribution in [3.05, 3.63) is 0 Å². The predicted octanol–water partition coefficient (Wildman–Crippen LogP) is 10.9. The van der Waals surface area contributed by atoms with Gasteiger partial charge in [0, 0.05) is 0 Å². The Morgan fingerprint density at radius 3 is 0.964 bits per heavy atom. The van der Waals surface area contributed by atoms with Crippen molar-refractivity contribution < 1.29 is 0 Å². The lowest BCUT2D eigenvalue weighted by atomic mass is 10.0. The Morgan fingerprint density at radius 2 is 0.643 bits per heavy atom. The van der Waals surface area contributed by atoms with Gasteiger partial charge in [-0.15, -0.1) is 0 Å². The second kappa shape index (κ2) is 12.7. The van der Waals surface area contributed by atoms with E-state index in [1.165, 1.54) is 24.2 Å². The van der Waals surface area contributed by atoms with Crippen LogP contribution < -0.4 is 0 Å². The van der Waals surface area contributed by atoms with E-state index in [9.17, 15) is 0 Å². The highest BCUT2D eigenvalue weighted by atomic mass is 32.6. The van der Waals surface area contributed by atoms with Crippen molar-refractivity contribution >= 4 is 31.1 Å². The molecule has 4 heteroatoms. The van der Waals surface area contributed by atoms with E-state index in [0.717, 1.165) is 11.3 Å². The first-order chi connectivity index (χ1) is 13.9. The van der Waals surface area contributed by atoms with Crippen molar-refractivity contribution in [3.8, 4) is 0 Å². The van der Waals surface area contributed by atoms with Gasteiger partial charge < -0.3 is 16.5 Å². The monoisotopic (exact) mass is 456 g/mol. The van der Waals surface area contributed by atoms with Crippen molar-refractivity contribution in [2.45, 2.75) is 151 Å². The standard InChI is InChI=1S/C24H44P4/c1-5-13-21(14-6-1)25-27(23-17-9-3-10-18-23)28(24-19-11-4-12-20-24)26-22-15-7-2-8-16-22/h21-24H,1-20H2/q-2. The summed E-state index contributed by atoms with van der Waals surface area (Å²) in [6.45, 7) is 0. The molecule has 0 aromatic carbocycles. The molecule has 0 N–H and O–H groups in total. The Balaban J connectivity index is 1.50. The molecule has 2 unspecified atom stereocenters. The molecule has 0 aromatic rings. The van der Waals surface area contributed by atoms with Crippen LogP contribution in [0.2, 0.25) is 0 Å². The van der Waals surface area contributed by atoms with Gasteiger partial charge in [-0.3, -0.25) is 14.6 Å². The summed E-state index contributed by atoms with van der Waals surface area (Å²) in [6, 6.07) is 0. The third-order valence-corrected chi connectivity index (χ3v) is 27.8. The van der Waals surface area contributed by atoms with Gasteiger partial charge >= 0.3 is 0 Å². The van der Waals surface area contributed by atoms with E-state index in [1.54, 1.807) is 116 Å². The van der Waals surface area contributed by atoms with E-state index in [4.69, 9.17) is 0 Å². The largest absolute Gasteiger partial charge is 0.501 e. The van der Waals surface area contributed by atoms with Gasteiger partial charge in [-0.1, -0.05) is 103 Å². The maximum atomic E-state index is 2.03. The minimum Gasteiger partial charge on any atom is -0.501 e. The molecule has 4 saturated carbocycles. The van der Waals surface area contributed by atoms with Crippen molar-refractivity contribution in [1.29, 1.82) is 0 Å². The van der Waals surface area contributed by atoms with Gasteiger partial charge in [0.15, 0.2) is 0 Å². The second-order valence-corrected chi connectivity index (χ2v) is 23.2. The van der Waals surface area contributed by atoms with Crippen molar-refractivity contribution in [2.75, 3.05) is 0 Å². The fourth-order valence-corrected chi connectivity index (χ4v) is 30.3. The lowest BCUT2D eigenvalue weighted by molar-refractivity contribution is 0.507. The summed E-state index contributed by atoms with van der Waals surface area (Å²) in [5.74, 6) is 0. The topological polar surface area (TPSA) is 0 Å². The normalized spacial score (nSPS) is 30.4. The summed E-state index contributed by atoms with van der Waals surface area (Å²) >= 11 is 0. The van der Waals surface area contributed by atoms with E-state index in [-0.39, 0.29) is 0 Å². The van der Waals surface area contributed by atoms with Crippen LogP contribution in [0.3, 0.4) is 0 Å². The third kappa shape index (κ3) is 6.86. The van der Waals surface area contributed by atoms with Crippen LogP contribution in [-0.4, -0.2) is 22.6 Å². The first-order valence-corrected chi connectivity index (χ1v) is 19.8. The fourth-order valence-electron chi connectivity index (χ4n) is 5.98. The quantitative estimate of drug-likeness (QED) is 0.334. The molecule has 4 aliphatic carbocycles. The highest BCUT2D eigenvalue weighted by Crippen LogP contribution is 2.93. The van der Waals surface area contributed by atoms with E-state index in [0.29, 0.717) is 14.6 Å². The molecule has 0 heterocycles. The Morgan fingerprint density at radius 1 is 0.357 bits per heavy atom. The smallest absolute Gasteiger partial charge is 0.0462 e. The van der Waals surface area contributed by atoms with Crippen LogP contribution in [0, 0.1) is 0 Å². The first-order valence-electron chi connectivity index (χ1n) is 12.9. The van der Waals surface area contributed by atoms with Gasteiger partial charge in [-0.25, -0.2) is 0 Å². The SMILES string of the molecule is C1CCC([P-]P(C2CCCCC2)P([P-]C2CCCCC2)C2CCCCC2)CC1. The van der Waals surface area contributed by atoms with Gasteiger partial charge in [-0.2, -0.15) is 11.3 Å². The van der Waals surface area contributed by atoms with Gasteiger partial charge in [-0.05, 0) is 37.0 Å². The average molecular weight is 457 g/mol.